The van der Waals surface area contributed by atoms with Crippen molar-refractivity contribution in [2.45, 2.75) is 33.6 Å². The summed E-state index contributed by atoms with van der Waals surface area (Å²) in [6.45, 7) is 6.59. The number of aromatic nitrogens is 1. The van der Waals surface area contributed by atoms with E-state index in [2.05, 4.69) is 45.0 Å². The lowest BCUT2D eigenvalue weighted by atomic mass is 9.99. The normalized spacial score (nSPS) is 10.2. The lowest BCUT2D eigenvalue weighted by Crippen LogP contribution is -2.00. The summed E-state index contributed by atoms with van der Waals surface area (Å²) in [5, 5.41) is 1.30. The van der Waals surface area contributed by atoms with Crippen molar-refractivity contribution < 1.29 is 0 Å². The van der Waals surface area contributed by atoms with E-state index in [9.17, 15) is 0 Å². The fourth-order valence-electron chi connectivity index (χ4n) is 2.24. The molecule has 0 aliphatic rings. The third-order valence-corrected chi connectivity index (χ3v) is 3.05. The Morgan fingerprint density at radius 1 is 1.06 bits per heavy atom. The van der Waals surface area contributed by atoms with Crippen molar-refractivity contribution in [3.63, 3.8) is 0 Å². The average molecular weight is 216 g/mol. The largest absolute Gasteiger partial charge is 0.344 e. The molecular weight excluding hydrogens is 196 g/mol. The lowest BCUT2D eigenvalue weighted by Gasteiger charge is -2.11. The molecule has 3 N–H and O–H groups in total. The van der Waals surface area contributed by atoms with Gasteiger partial charge in [0.15, 0.2) is 0 Å². The molecule has 2 aromatic rings. The Labute approximate surface area is 97.3 Å². The van der Waals surface area contributed by atoms with E-state index in [0.29, 0.717) is 0 Å². The predicted molar refractivity (Wildman–Crippen MR) is 70.3 cm³/mol. The first kappa shape index (κ1) is 12.7. The fraction of sp³-hybridized carbons (Fsp3) is 0.357. The first-order chi connectivity index (χ1) is 7.27. The molecular formula is C14H20N2. The van der Waals surface area contributed by atoms with Crippen LogP contribution >= 0.6 is 0 Å². The number of aryl methyl sites for hydroxylation is 2. The number of rotatable bonds is 2. The molecule has 2 rings (SSSR count). The number of pyridine rings is 1. The van der Waals surface area contributed by atoms with Gasteiger partial charge in [0.05, 0.1) is 5.52 Å². The van der Waals surface area contributed by atoms with Gasteiger partial charge in [-0.2, -0.15) is 0 Å². The molecule has 0 bridgehead atoms. The molecule has 0 aliphatic heterocycles. The molecule has 0 atom stereocenters. The van der Waals surface area contributed by atoms with Gasteiger partial charge in [-0.25, -0.2) is 0 Å². The zero-order valence-corrected chi connectivity index (χ0v) is 10.4. The van der Waals surface area contributed by atoms with Crippen LogP contribution in [0.3, 0.4) is 0 Å². The maximum absolute atomic E-state index is 4.73. The van der Waals surface area contributed by atoms with Crippen LogP contribution in [0.4, 0.5) is 0 Å². The highest BCUT2D eigenvalue weighted by Crippen LogP contribution is 2.23. The fourth-order valence-corrected chi connectivity index (χ4v) is 2.24. The van der Waals surface area contributed by atoms with Crippen molar-refractivity contribution in [1.82, 2.24) is 11.1 Å². The third-order valence-electron chi connectivity index (χ3n) is 3.05. The highest BCUT2D eigenvalue weighted by molar-refractivity contribution is 5.83. The predicted octanol–water partition coefficient (Wildman–Crippen LogP) is 3.83. The van der Waals surface area contributed by atoms with Crippen molar-refractivity contribution >= 4 is 10.9 Å². The topological polar surface area (TPSA) is 47.9 Å². The van der Waals surface area contributed by atoms with E-state index in [0.717, 1.165) is 18.4 Å². The molecule has 1 aromatic carbocycles. The molecule has 0 unspecified atom stereocenters. The van der Waals surface area contributed by atoms with E-state index in [1.165, 1.54) is 22.2 Å². The quantitative estimate of drug-likeness (QED) is 0.829. The number of fused-ring (bicyclic) bond motifs is 1. The summed E-state index contributed by atoms with van der Waals surface area (Å²) < 4.78 is 0. The van der Waals surface area contributed by atoms with Gasteiger partial charge in [0.25, 0.3) is 0 Å². The van der Waals surface area contributed by atoms with Gasteiger partial charge in [-0.1, -0.05) is 32.0 Å². The summed E-state index contributed by atoms with van der Waals surface area (Å²) in [5.41, 5.74) is 5.22. The van der Waals surface area contributed by atoms with E-state index in [1.54, 1.807) is 0 Å². The number of hydrogen-bond acceptors (Lipinski definition) is 2. The standard InChI is InChI=1S/C14H17N.H3N/c1-4-11-10(3)12-8-6-7-9-14(12)15-13(11)5-2;/h6-9H,4-5H2,1-3H3;1H3. The van der Waals surface area contributed by atoms with Crippen molar-refractivity contribution in [3.05, 3.63) is 41.1 Å². The Kier molecular flexibility index (Phi) is 4.02. The van der Waals surface area contributed by atoms with Crippen molar-refractivity contribution in [1.29, 1.82) is 0 Å². The zero-order valence-electron chi connectivity index (χ0n) is 10.4. The average Bonchev–Trinajstić information content (AvgIpc) is 2.29. The molecule has 86 valence electrons. The van der Waals surface area contributed by atoms with E-state index in [-0.39, 0.29) is 6.15 Å². The van der Waals surface area contributed by atoms with Gasteiger partial charge in [0.2, 0.25) is 0 Å². The van der Waals surface area contributed by atoms with Crippen LogP contribution in [0.2, 0.25) is 0 Å². The number of benzene rings is 1. The highest BCUT2D eigenvalue weighted by atomic mass is 14.7. The van der Waals surface area contributed by atoms with E-state index in [1.807, 2.05) is 0 Å². The van der Waals surface area contributed by atoms with Crippen molar-refractivity contribution in [3.8, 4) is 0 Å². The van der Waals surface area contributed by atoms with Crippen LogP contribution in [-0.4, -0.2) is 4.98 Å². The summed E-state index contributed by atoms with van der Waals surface area (Å²) in [6, 6.07) is 8.40. The van der Waals surface area contributed by atoms with Gasteiger partial charge in [0.1, 0.15) is 0 Å². The smallest absolute Gasteiger partial charge is 0.0708 e. The molecule has 16 heavy (non-hydrogen) atoms. The van der Waals surface area contributed by atoms with Crippen LogP contribution in [0.15, 0.2) is 24.3 Å². The van der Waals surface area contributed by atoms with Gasteiger partial charge in [-0.15, -0.1) is 0 Å². The molecule has 2 heteroatoms. The van der Waals surface area contributed by atoms with Crippen LogP contribution in [0.1, 0.15) is 30.7 Å². The van der Waals surface area contributed by atoms with Crippen LogP contribution in [0, 0.1) is 6.92 Å². The Bertz CT molecular complexity index is 489. The SMILES string of the molecule is CCc1nc2ccccc2c(C)c1CC.N. The molecule has 0 radical (unpaired) electrons. The monoisotopic (exact) mass is 216 g/mol. The minimum Gasteiger partial charge on any atom is -0.344 e. The first-order valence-corrected chi connectivity index (χ1v) is 5.65. The first-order valence-electron chi connectivity index (χ1n) is 5.65. The van der Waals surface area contributed by atoms with Gasteiger partial charge >= 0.3 is 0 Å². The van der Waals surface area contributed by atoms with E-state index < -0.39 is 0 Å². The maximum Gasteiger partial charge on any atom is 0.0708 e. The summed E-state index contributed by atoms with van der Waals surface area (Å²) in [6.07, 6.45) is 2.10. The molecule has 2 nitrogen and oxygen atoms in total. The molecule has 0 aliphatic carbocycles. The number of para-hydroxylation sites is 1. The highest BCUT2D eigenvalue weighted by Gasteiger charge is 2.08. The van der Waals surface area contributed by atoms with E-state index in [4.69, 9.17) is 4.98 Å². The molecule has 0 amide bonds. The van der Waals surface area contributed by atoms with Gasteiger partial charge in [-0.3, -0.25) is 4.98 Å². The van der Waals surface area contributed by atoms with Gasteiger partial charge < -0.3 is 6.15 Å². The molecule has 0 fully saturated rings. The molecule has 0 saturated heterocycles. The van der Waals surface area contributed by atoms with Crippen LogP contribution in [0.25, 0.3) is 10.9 Å². The Balaban J connectivity index is 0.00000128. The summed E-state index contributed by atoms with van der Waals surface area (Å²) in [4.78, 5) is 4.73. The van der Waals surface area contributed by atoms with Crippen molar-refractivity contribution in [2.24, 2.45) is 0 Å². The number of nitrogens with zero attached hydrogens (tertiary/aromatic N) is 1. The second kappa shape index (κ2) is 5.08. The summed E-state index contributed by atoms with van der Waals surface area (Å²) in [5.74, 6) is 0. The van der Waals surface area contributed by atoms with E-state index >= 15 is 0 Å². The summed E-state index contributed by atoms with van der Waals surface area (Å²) >= 11 is 0. The van der Waals surface area contributed by atoms with Gasteiger partial charge in [-0.05, 0) is 37.0 Å². The Morgan fingerprint density at radius 3 is 2.38 bits per heavy atom. The second-order valence-corrected chi connectivity index (χ2v) is 3.89. The molecule has 1 heterocycles. The second-order valence-electron chi connectivity index (χ2n) is 3.89. The minimum absolute atomic E-state index is 0. The van der Waals surface area contributed by atoms with Crippen molar-refractivity contribution in [2.75, 3.05) is 0 Å². The van der Waals surface area contributed by atoms with Gasteiger partial charge in [0, 0.05) is 11.1 Å². The molecule has 0 saturated carbocycles. The Morgan fingerprint density at radius 2 is 1.75 bits per heavy atom. The number of hydrogen-bond donors (Lipinski definition) is 1. The van der Waals surface area contributed by atoms with Crippen LogP contribution < -0.4 is 6.15 Å². The lowest BCUT2D eigenvalue weighted by molar-refractivity contribution is 0.968. The van der Waals surface area contributed by atoms with Crippen LogP contribution in [0.5, 0.6) is 0 Å². The minimum atomic E-state index is 0. The zero-order chi connectivity index (χ0) is 10.8. The molecule has 0 spiro atoms. The van der Waals surface area contributed by atoms with Crippen LogP contribution in [-0.2, 0) is 12.8 Å². The summed E-state index contributed by atoms with van der Waals surface area (Å²) in [7, 11) is 0. The molecule has 1 aromatic heterocycles. The maximum atomic E-state index is 4.73. The Hall–Kier alpha value is -1.41. The third kappa shape index (κ3) is 1.93.